The fourth-order valence-corrected chi connectivity index (χ4v) is 4.90. The molecule has 0 aliphatic carbocycles. The van der Waals surface area contributed by atoms with Crippen molar-refractivity contribution in [1.29, 1.82) is 0 Å². The molecule has 2 heterocycles. The third kappa shape index (κ3) is 4.62. The van der Waals surface area contributed by atoms with E-state index < -0.39 is 10.0 Å². The lowest BCUT2D eigenvalue weighted by molar-refractivity contribution is -0.151. The smallest absolute Gasteiger partial charge is 0.309 e. The Morgan fingerprint density at radius 2 is 1.93 bits per heavy atom. The maximum Gasteiger partial charge on any atom is 0.309 e. The zero-order valence-electron chi connectivity index (χ0n) is 17.2. The van der Waals surface area contributed by atoms with E-state index in [1.54, 1.807) is 25.6 Å². The van der Waals surface area contributed by atoms with Gasteiger partial charge >= 0.3 is 5.97 Å². The van der Waals surface area contributed by atoms with Crippen LogP contribution in [0, 0.1) is 19.8 Å². The molecule has 0 unspecified atom stereocenters. The number of ether oxygens (including phenoxy) is 2. The molecule has 8 nitrogen and oxygen atoms in total. The number of nitrogens with zero attached hydrogens (tertiary/aromatic N) is 3. The Morgan fingerprint density at radius 1 is 1.24 bits per heavy atom. The first-order chi connectivity index (χ1) is 13.7. The molecule has 9 heteroatoms. The van der Waals surface area contributed by atoms with E-state index >= 15 is 0 Å². The van der Waals surface area contributed by atoms with E-state index in [0.29, 0.717) is 24.4 Å². The van der Waals surface area contributed by atoms with Crippen LogP contribution in [0.3, 0.4) is 0 Å². The number of carbonyl (C=O) groups is 1. The molecule has 0 radical (unpaired) electrons. The fourth-order valence-electron chi connectivity index (χ4n) is 3.40. The van der Waals surface area contributed by atoms with Crippen molar-refractivity contribution in [2.45, 2.75) is 38.3 Å². The van der Waals surface area contributed by atoms with E-state index in [4.69, 9.17) is 9.47 Å². The average molecular weight is 422 g/mol. The number of aryl methyl sites for hydroxylation is 3. The van der Waals surface area contributed by atoms with Gasteiger partial charge in [-0.25, -0.2) is 13.4 Å². The summed E-state index contributed by atoms with van der Waals surface area (Å²) < 4.78 is 39.4. The molecule has 158 valence electrons. The normalized spacial score (nSPS) is 16.0. The van der Waals surface area contributed by atoms with Crippen molar-refractivity contribution in [3.8, 4) is 5.75 Å². The first-order valence-corrected chi connectivity index (χ1v) is 11.0. The van der Waals surface area contributed by atoms with Crippen molar-refractivity contribution in [2.75, 3.05) is 20.2 Å². The Balaban J connectivity index is 1.58. The predicted molar refractivity (Wildman–Crippen MR) is 107 cm³/mol. The third-order valence-corrected chi connectivity index (χ3v) is 7.05. The van der Waals surface area contributed by atoms with Crippen molar-refractivity contribution >= 4 is 16.0 Å². The molecule has 1 aliphatic rings. The summed E-state index contributed by atoms with van der Waals surface area (Å²) in [5.41, 5.74) is 1.87. The highest BCUT2D eigenvalue weighted by Gasteiger charge is 2.34. The minimum absolute atomic E-state index is 0.0464. The number of aromatic nitrogens is 2. The minimum Gasteiger partial charge on any atom is -0.496 e. The minimum atomic E-state index is -3.65. The van der Waals surface area contributed by atoms with Crippen LogP contribution in [-0.2, 0) is 33.2 Å². The van der Waals surface area contributed by atoms with Crippen LogP contribution in [0.25, 0.3) is 0 Å². The highest BCUT2D eigenvalue weighted by Crippen LogP contribution is 2.26. The standard InChI is InChI=1S/C20H27N3O5S/c1-14-5-6-18(27-4)17(11-14)13-28-20(24)16-7-9-23(10-8-16)29(25,26)19-12-22(3)15(2)21-19/h5-6,11-12,16H,7-10,13H2,1-4H3. The van der Waals surface area contributed by atoms with E-state index in [2.05, 4.69) is 4.98 Å². The second-order valence-corrected chi connectivity index (χ2v) is 9.22. The van der Waals surface area contributed by atoms with Crippen LogP contribution in [0.4, 0.5) is 0 Å². The van der Waals surface area contributed by atoms with Gasteiger partial charge in [-0.2, -0.15) is 4.31 Å². The van der Waals surface area contributed by atoms with Crippen molar-refractivity contribution < 1.29 is 22.7 Å². The number of methoxy groups -OCH3 is 1. The monoisotopic (exact) mass is 421 g/mol. The Bertz CT molecular complexity index is 972. The summed E-state index contributed by atoms with van der Waals surface area (Å²) in [5.74, 6) is 0.686. The molecule has 0 N–H and O–H groups in total. The van der Waals surface area contributed by atoms with Crippen LogP contribution < -0.4 is 4.74 Å². The number of benzene rings is 1. The lowest BCUT2D eigenvalue weighted by atomic mass is 9.98. The number of piperidine rings is 1. The second-order valence-electron chi connectivity index (χ2n) is 7.34. The highest BCUT2D eigenvalue weighted by atomic mass is 32.2. The average Bonchev–Trinajstić information content (AvgIpc) is 3.05. The molecule has 1 saturated heterocycles. The molecule has 0 bridgehead atoms. The summed E-state index contributed by atoms with van der Waals surface area (Å²) in [4.78, 5) is 16.6. The maximum atomic E-state index is 12.8. The Labute approximate surface area is 171 Å². The molecule has 1 fully saturated rings. The lowest BCUT2D eigenvalue weighted by Gasteiger charge is -2.29. The molecule has 0 saturated carbocycles. The van der Waals surface area contributed by atoms with Crippen LogP contribution in [0.5, 0.6) is 5.75 Å². The van der Waals surface area contributed by atoms with Crippen molar-refractivity contribution in [3.05, 3.63) is 41.3 Å². The van der Waals surface area contributed by atoms with E-state index in [-0.39, 0.29) is 36.6 Å². The largest absolute Gasteiger partial charge is 0.496 e. The van der Waals surface area contributed by atoms with E-state index in [1.165, 1.54) is 10.5 Å². The molecule has 1 aromatic heterocycles. The molecule has 3 rings (SSSR count). The number of hydrogen-bond acceptors (Lipinski definition) is 6. The van der Waals surface area contributed by atoms with Crippen LogP contribution in [-0.4, -0.2) is 48.4 Å². The van der Waals surface area contributed by atoms with Gasteiger partial charge in [-0.3, -0.25) is 4.79 Å². The van der Waals surface area contributed by atoms with Gasteiger partial charge < -0.3 is 14.0 Å². The van der Waals surface area contributed by atoms with Gasteiger partial charge in [0.2, 0.25) is 0 Å². The van der Waals surface area contributed by atoms with Crippen LogP contribution >= 0.6 is 0 Å². The summed E-state index contributed by atoms with van der Waals surface area (Å²) in [5, 5.41) is 0.0464. The van der Waals surface area contributed by atoms with Gasteiger partial charge in [-0.15, -0.1) is 0 Å². The van der Waals surface area contributed by atoms with Gasteiger partial charge in [-0.05, 0) is 38.8 Å². The zero-order valence-corrected chi connectivity index (χ0v) is 18.0. The summed E-state index contributed by atoms with van der Waals surface area (Å²) >= 11 is 0. The Morgan fingerprint density at radius 3 is 2.52 bits per heavy atom. The second kappa shape index (κ2) is 8.54. The molecule has 2 aromatic rings. The van der Waals surface area contributed by atoms with Gasteiger partial charge in [0.15, 0.2) is 5.03 Å². The topological polar surface area (TPSA) is 90.7 Å². The maximum absolute atomic E-state index is 12.8. The first-order valence-electron chi connectivity index (χ1n) is 9.52. The quantitative estimate of drug-likeness (QED) is 0.664. The van der Waals surface area contributed by atoms with E-state index in [1.807, 2.05) is 25.1 Å². The predicted octanol–water partition coefficient (Wildman–Crippen LogP) is 2.19. The van der Waals surface area contributed by atoms with E-state index in [0.717, 1.165) is 11.1 Å². The molecule has 29 heavy (non-hydrogen) atoms. The van der Waals surface area contributed by atoms with Gasteiger partial charge in [0, 0.05) is 31.9 Å². The van der Waals surface area contributed by atoms with Gasteiger partial charge in [0.05, 0.1) is 13.0 Å². The number of carbonyl (C=O) groups excluding carboxylic acids is 1. The summed E-state index contributed by atoms with van der Waals surface area (Å²) in [7, 11) is -0.314. The Hall–Kier alpha value is -2.39. The lowest BCUT2D eigenvalue weighted by Crippen LogP contribution is -2.40. The third-order valence-electron chi connectivity index (χ3n) is 5.28. The van der Waals surface area contributed by atoms with Gasteiger partial charge in [0.1, 0.15) is 18.2 Å². The van der Waals surface area contributed by atoms with Crippen LogP contribution in [0.1, 0.15) is 29.8 Å². The van der Waals surface area contributed by atoms with Crippen molar-refractivity contribution in [3.63, 3.8) is 0 Å². The molecule has 0 amide bonds. The van der Waals surface area contributed by atoms with Crippen LogP contribution in [0.15, 0.2) is 29.4 Å². The summed E-state index contributed by atoms with van der Waals surface area (Å²) in [6.07, 6.45) is 2.36. The highest BCUT2D eigenvalue weighted by molar-refractivity contribution is 7.89. The molecule has 0 atom stereocenters. The van der Waals surface area contributed by atoms with Crippen molar-refractivity contribution in [2.24, 2.45) is 13.0 Å². The number of imidazole rings is 1. The van der Waals surface area contributed by atoms with Crippen LogP contribution in [0.2, 0.25) is 0 Å². The molecule has 1 aromatic carbocycles. The number of esters is 1. The van der Waals surface area contributed by atoms with Gasteiger partial charge in [0.25, 0.3) is 10.0 Å². The van der Waals surface area contributed by atoms with Gasteiger partial charge in [-0.1, -0.05) is 11.6 Å². The van der Waals surface area contributed by atoms with E-state index in [9.17, 15) is 13.2 Å². The number of rotatable bonds is 6. The molecule has 1 aliphatic heterocycles. The summed E-state index contributed by atoms with van der Waals surface area (Å²) in [6, 6.07) is 5.71. The fraction of sp³-hybridized carbons (Fsp3) is 0.500. The molecule has 0 spiro atoms. The Kier molecular flexibility index (Phi) is 6.28. The SMILES string of the molecule is COc1ccc(C)cc1COC(=O)C1CCN(S(=O)(=O)c2cn(C)c(C)n2)CC1. The first kappa shape index (κ1) is 21.3. The summed E-state index contributed by atoms with van der Waals surface area (Å²) in [6.45, 7) is 4.39. The number of sulfonamides is 1. The zero-order chi connectivity index (χ0) is 21.2. The van der Waals surface area contributed by atoms with Crippen molar-refractivity contribution in [1.82, 2.24) is 13.9 Å². The molecular formula is C20H27N3O5S. The molecular weight excluding hydrogens is 394 g/mol. The number of hydrogen-bond donors (Lipinski definition) is 0.